The molecule has 0 saturated heterocycles. The molecular weight excluding hydrogens is 156 g/mol. The summed E-state index contributed by atoms with van der Waals surface area (Å²) in [4.78, 5) is 0. The lowest BCUT2D eigenvalue weighted by Gasteiger charge is -2.21. The summed E-state index contributed by atoms with van der Waals surface area (Å²) < 4.78 is 0. The highest BCUT2D eigenvalue weighted by molar-refractivity contribution is 5.10. The van der Waals surface area contributed by atoms with Gasteiger partial charge < -0.3 is 0 Å². The molecule has 0 aliphatic heterocycles. The van der Waals surface area contributed by atoms with Gasteiger partial charge in [-0.3, -0.25) is 0 Å². The van der Waals surface area contributed by atoms with E-state index in [0.717, 1.165) is 5.92 Å². The van der Waals surface area contributed by atoms with Crippen molar-refractivity contribution >= 4 is 0 Å². The smallest absolute Gasteiger partial charge is 0.0201 e. The first-order chi connectivity index (χ1) is 6.47. The molecule has 2 aliphatic carbocycles. The average molecular weight is 177 g/mol. The topological polar surface area (TPSA) is 0 Å². The summed E-state index contributed by atoms with van der Waals surface area (Å²) in [5.41, 5.74) is 1.80. The van der Waals surface area contributed by atoms with Crippen LogP contribution in [0.15, 0.2) is 11.6 Å². The molecule has 0 amide bonds. The summed E-state index contributed by atoms with van der Waals surface area (Å²) in [6.07, 6.45) is 17.8. The molecule has 1 atom stereocenters. The van der Waals surface area contributed by atoms with Crippen molar-refractivity contribution in [2.45, 2.75) is 57.8 Å². The molecule has 0 aromatic carbocycles. The Morgan fingerprint density at radius 3 is 2.77 bits per heavy atom. The second-order valence-corrected chi connectivity index (χ2v) is 4.53. The van der Waals surface area contributed by atoms with Crippen molar-refractivity contribution in [3.63, 3.8) is 0 Å². The second-order valence-electron chi connectivity index (χ2n) is 4.53. The zero-order chi connectivity index (χ0) is 8.93. The van der Waals surface area contributed by atoms with Gasteiger partial charge in [0.1, 0.15) is 0 Å². The highest BCUT2D eigenvalue weighted by atomic mass is 14.2. The molecule has 0 heterocycles. The number of allylic oxidation sites excluding steroid dienone is 2. The molecule has 0 aromatic heterocycles. The predicted molar refractivity (Wildman–Crippen MR) is 57.4 cm³/mol. The van der Waals surface area contributed by atoms with Crippen molar-refractivity contribution in [1.29, 1.82) is 0 Å². The molecule has 0 N–H and O–H groups in total. The van der Waals surface area contributed by atoms with Crippen LogP contribution >= 0.6 is 0 Å². The van der Waals surface area contributed by atoms with Gasteiger partial charge in [-0.05, 0) is 50.9 Å². The maximum atomic E-state index is 2.54. The Morgan fingerprint density at radius 1 is 1.00 bits per heavy atom. The molecule has 0 aromatic rings. The van der Waals surface area contributed by atoms with Gasteiger partial charge in [-0.2, -0.15) is 0 Å². The second kappa shape index (κ2) is 4.83. The van der Waals surface area contributed by atoms with E-state index in [9.17, 15) is 0 Å². The Morgan fingerprint density at radius 2 is 1.92 bits per heavy atom. The van der Waals surface area contributed by atoms with Gasteiger partial charge >= 0.3 is 0 Å². The van der Waals surface area contributed by atoms with Gasteiger partial charge in [-0.1, -0.05) is 30.9 Å². The van der Waals surface area contributed by atoms with Crippen molar-refractivity contribution < 1.29 is 0 Å². The summed E-state index contributed by atoms with van der Waals surface area (Å²) >= 11 is 0. The lowest BCUT2D eigenvalue weighted by Crippen LogP contribution is -2.06. The SMILES string of the molecule is [CH]1CCCCC(C2=CCCCC2)C1. The largest absolute Gasteiger partial charge is 0.0851 e. The lowest BCUT2D eigenvalue weighted by atomic mass is 9.85. The predicted octanol–water partition coefficient (Wildman–Crippen LogP) is 4.27. The minimum absolute atomic E-state index is 0.933. The molecule has 2 rings (SSSR count). The van der Waals surface area contributed by atoms with Gasteiger partial charge in [0.15, 0.2) is 0 Å². The van der Waals surface area contributed by atoms with Crippen LogP contribution in [0.25, 0.3) is 0 Å². The van der Waals surface area contributed by atoms with Crippen molar-refractivity contribution in [3.8, 4) is 0 Å². The number of hydrogen-bond donors (Lipinski definition) is 0. The van der Waals surface area contributed by atoms with Gasteiger partial charge in [-0.15, -0.1) is 0 Å². The van der Waals surface area contributed by atoms with Crippen LogP contribution in [0.1, 0.15) is 57.8 Å². The van der Waals surface area contributed by atoms with Crippen molar-refractivity contribution in [2.75, 3.05) is 0 Å². The van der Waals surface area contributed by atoms with Gasteiger partial charge in [0.25, 0.3) is 0 Å². The van der Waals surface area contributed by atoms with Crippen LogP contribution in [0.3, 0.4) is 0 Å². The lowest BCUT2D eigenvalue weighted by molar-refractivity contribution is 0.511. The molecule has 0 bridgehead atoms. The first kappa shape index (κ1) is 9.30. The fraction of sp³-hybridized carbons (Fsp3) is 0.769. The Balaban J connectivity index is 1.92. The van der Waals surface area contributed by atoms with Gasteiger partial charge in [-0.25, -0.2) is 0 Å². The third-order valence-electron chi connectivity index (χ3n) is 3.51. The van der Waals surface area contributed by atoms with E-state index in [4.69, 9.17) is 0 Å². The maximum absolute atomic E-state index is 2.54. The zero-order valence-electron chi connectivity index (χ0n) is 8.60. The molecule has 1 radical (unpaired) electrons. The Bertz CT molecular complexity index is 170. The molecule has 0 nitrogen and oxygen atoms in total. The van der Waals surface area contributed by atoms with Crippen molar-refractivity contribution in [1.82, 2.24) is 0 Å². The molecule has 1 fully saturated rings. The first-order valence-corrected chi connectivity index (χ1v) is 5.97. The molecule has 13 heavy (non-hydrogen) atoms. The van der Waals surface area contributed by atoms with Crippen LogP contribution in [-0.4, -0.2) is 0 Å². The summed E-state index contributed by atoms with van der Waals surface area (Å²) in [5, 5.41) is 0. The Hall–Kier alpha value is -0.260. The standard InChI is InChI=1S/C13H21/c1-2-5-9-12(8-4-1)13-10-6-3-7-11-13/h4,10,12H,1-3,5-9,11H2. The number of hydrogen-bond acceptors (Lipinski definition) is 0. The summed E-state index contributed by atoms with van der Waals surface area (Å²) in [6.45, 7) is 0. The first-order valence-electron chi connectivity index (χ1n) is 5.97. The molecular formula is C13H21. The third-order valence-corrected chi connectivity index (χ3v) is 3.51. The van der Waals surface area contributed by atoms with Crippen LogP contribution in [-0.2, 0) is 0 Å². The van der Waals surface area contributed by atoms with E-state index in [-0.39, 0.29) is 0 Å². The van der Waals surface area contributed by atoms with Crippen molar-refractivity contribution in [2.24, 2.45) is 5.92 Å². The highest BCUT2D eigenvalue weighted by Gasteiger charge is 2.17. The molecule has 1 unspecified atom stereocenters. The normalized spacial score (nSPS) is 26.6. The van der Waals surface area contributed by atoms with E-state index in [1.54, 1.807) is 5.57 Å². The van der Waals surface area contributed by atoms with E-state index in [1.165, 1.54) is 57.8 Å². The zero-order valence-corrected chi connectivity index (χ0v) is 8.60. The summed E-state index contributed by atoms with van der Waals surface area (Å²) in [6, 6.07) is 0. The third kappa shape index (κ3) is 2.59. The fourth-order valence-electron chi connectivity index (χ4n) is 2.69. The van der Waals surface area contributed by atoms with E-state index in [0.29, 0.717) is 0 Å². The van der Waals surface area contributed by atoms with Crippen LogP contribution in [0, 0.1) is 12.3 Å². The van der Waals surface area contributed by atoms with E-state index < -0.39 is 0 Å². The molecule has 0 heteroatoms. The molecule has 2 aliphatic rings. The van der Waals surface area contributed by atoms with Gasteiger partial charge in [0.2, 0.25) is 0 Å². The highest BCUT2D eigenvalue weighted by Crippen LogP contribution is 2.33. The Kier molecular flexibility index (Phi) is 3.46. The summed E-state index contributed by atoms with van der Waals surface area (Å²) in [7, 11) is 0. The number of rotatable bonds is 1. The van der Waals surface area contributed by atoms with Crippen LogP contribution in [0.2, 0.25) is 0 Å². The van der Waals surface area contributed by atoms with E-state index >= 15 is 0 Å². The minimum Gasteiger partial charge on any atom is -0.0851 e. The minimum atomic E-state index is 0.933. The van der Waals surface area contributed by atoms with Gasteiger partial charge in [0.05, 0.1) is 0 Å². The van der Waals surface area contributed by atoms with Crippen LogP contribution in [0.4, 0.5) is 0 Å². The molecule has 1 saturated carbocycles. The van der Waals surface area contributed by atoms with Crippen LogP contribution < -0.4 is 0 Å². The fourth-order valence-corrected chi connectivity index (χ4v) is 2.69. The average Bonchev–Trinajstić information content (AvgIpc) is 2.47. The van der Waals surface area contributed by atoms with Crippen molar-refractivity contribution in [3.05, 3.63) is 18.1 Å². The maximum Gasteiger partial charge on any atom is -0.0201 e. The van der Waals surface area contributed by atoms with Gasteiger partial charge in [0, 0.05) is 0 Å². The quantitative estimate of drug-likeness (QED) is 0.414. The Labute approximate surface area is 82.4 Å². The summed E-state index contributed by atoms with van der Waals surface area (Å²) in [5.74, 6) is 0.933. The monoisotopic (exact) mass is 177 g/mol. The molecule has 73 valence electrons. The van der Waals surface area contributed by atoms with E-state index in [2.05, 4.69) is 12.5 Å². The van der Waals surface area contributed by atoms with E-state index in [1.807, 2.05) is 0 Å². The molecule has 0 spiro atoms. The van der Waals surface area contributed by atoms with Crippen LogP contribution in [0.5, 0.6) is 0 Å².